The Kier molecular flexibility index (Phi) is 3.23. The monoisotopic (exact) mass is 352 g/mol. The molecular weight excluding hydrogens is 335 g/mol. The van der Waals surface area contributed by atoms with E-state index in [-0.39, 0.29) is 11.9 Å². The molecule has 0 radical (unpaired) electrons. The molecule has 4 aromatic rings. The number of hydrogen-bond donors (Lipinski definition) is 2. The van der Waals surface area contributed by atoms with Gasteiger partial charge >= 0.3 is 0 Å². The van der Waals surface area contributed by atoms with Crippen molar-refractivity contribution in [2.24, 2.45) is 0 Å². The van der Waals surface area contributed by atoms with Gasteiger partial charge in [-0.15, -0.1) is 0 Å². The molecule has 3 aromatic heterocycles. The number of aryl methyl sites for hydroxylation is 1. The average Bonchev–Trinajstić information content (AvgIpc) is 3.31. The van der Waals surface area contributed by atoms with Gasteiger partial charge in [-0.1, -0.05) is 0 Å². The lowest BCUT2D eigenvalue weighted by molar-refractivity contribution is 0.198. The molecule has 1 aliphatic rings. The number of rotatable bonds is 2. The topological polar surface area (TPSA) is 82.9 Å². The van der Waals surface area contributed by atoms with Crippen LogP contribution in [-0.2, 0) is 0 Å². The van der Waals surface area contributed by atoms with E-state index in [4.69, 9.17) is 0 Å². The van der Waals surface area contributed by atoms with E-state index >= 15 is 0 Å². The summed E-state index contributed by atoms with van der Waals surface area (Å²) in [6, 6.07) is 4.70. The second kappa shape index (κ2) is 5.50. The van der Waals surface area contributed by atoms with E-state index in [0.29, 0.717) is 12.5 Å². The highest BCUT2D eigenvalue weighted by molar-refractivity contribution is 6.06. The Morgan fingerprint density at radius 3 is 2.92 bits per heavy atom. The van der Waals surface area contributed by atoms with Crippen LogP contribution in [0.4, 0.5) is 10.3 Å². The third-order valence-electron chi connectivity index (χ3n) is 4.96. The number of aromatic nitrogens is 5. The Morgan fingerprint density at radius 1 is 1.27 bits per heavy atom. The van der Waals surface area contributed by atoms with Crippen LogP contribution in [-0.4, -0.2) is 49.0 Å². The molecule has 0 unspecified atom stereocenters. The van der Waals surface area contributed by atoms with E-state index in [1.807, 2.05) is 16.4 Å². The first-order valence-electron chi connectivity index (χ1n) is 8.52. The Balaban J connectivity index is 1.68. The second-order valence-electron chi connectivity index (χ2n) is 6.66. The number of benzene rings is 1. The van der Waals surface area contributed by atoms with Crippen molar-refractivity contribution < 1.29 is 9.50 Å². The molecule has 4 heterocycles. The van der Waals surface area contributed by atoms with E-state index in [2.05, 4.69) is 20.2 Å². The molecule has 0 bridgehead atoms. The lowest BCUT2D eigenvalue weighted by atomic mass is 10.2. The van der Waals surface area contributed by atoms with Gasteiger partial charge < -0.3 is 14.6 Å². The van der Waals surface area contributed by atoms with Crippen LogP contribution < -0.4 is 4.90 Å². The second-order valence-corrected chi connectivity index (χ2v) is 6.66. The number of β-amino-alcohol motifs (C(OH)–C–C–N with tert-alkyl or cyclic N) is 1. The zero-order valence-corrected chi connectivity index (χ0v) is 14.1. The predicted molar refractivity (Wildman–Crippen MR) is 96.0 cm³/mol. The van der Waals surface area contributed by atoms with E-state index in [1.165, 1.54) is 12.1 Å². The first-order valence-corrected chi connectivity index (χ1v) is 8.52. The van der Waals surface area contributed by atoms with E-state index in [1.54, 1.807) is 18.5 Å². The summed E-state index contributed by atoms with van der Waals surface area (Å²) < 4.78 is 15.7. The summed E-state index contributed by atoms with van der Waals surface area (Å²) in [5.74, 6) is 0.329. The minimum absolute atomic E-state index is 0.290. The fourth-order valence-electron chi connectivity index (χ4n) is 3.68. The van der Waals surface area contributed by atoms with Gasteiger partial charge in [0.25, 0.3) is 0 Å². The highest BCUT2D eigenvalue weighted by Gasteiger charge is 2.23. The molecule has 132 valence electrons. The smallest absolute Gasteiger partial charge is 0.225 e. The molecular formula is C18H17FN6O. The van der Waals surface area contributed by atoms with E-state index in [0.717, 1.165) is 46.3 Å². The summed E-state index contributed by atoms with van der Waals surface area (Å²) in [5, 5.41) is 17.5. The van der Waals surface area contributed by atoms with Gasteiger partial charge in [0.2, 0.25) is 5.95 Å². The Morgan fingerprint density at radius 2 is 2.15 bits per heavy atom. The number of aromatic amines is 1. The number of anilines is 1. The Hall–Kier alpha value is -3.00. The standard InChI is InChI=1S/C18H17FN6O/c1-10-15(7-20-18(22-10)24-5-4-12(26)9-24)25-14-3-2-11(19)6-13(14)17-16(25)8-21-23-17/h2-3,6-8,12,26H,4-5,9H2,1H3,(H,21,23)/t12-/m1/s1. The van der Waals surface area contributed by atoms with Crippen molar-refractivity contribution in [2.45, 2.75) is 19.4 Å². The zero-order valence-electron chi connectivity index (χ0n) is 14.1. The predicted octanol–water partition coefficient (Wildman–Crippen LogP) is 2.32. The maximum atomic E-state index is 13.7. The van der Waals surface area contributed by atoms with Crippen LogP contribution in [0.5, 0.6) is 0 Å². The van der Waals surface area contributed by atoms with Crippen LogP contribution >= 0.6 is 0 Å². The van der Waals surface area contributed by atoms with Gasteiger partial charge in [0.05, 0.1) is 46.4 Å². The molecule has 1 aromatic carbocycles. The summed E-state index contributed by atoms with van der Waals surface area (Å²) in [6.45, 7) is 3.22. The van der Waals surface area contributed by atoms with Crippen LogP contribution in [0.1, 0.15) is 12.1 Å². The summed E-state index contributed by atoms with van der Waals surface area (Å²) in [6.07, 6.45) is 3.90. The number of hydrogen-bond acceptors (Lipinski definition) is 5. The number of nitrogens with zero attached hydrogens (tertiary/aromatic N) is 5. The summed E-state index contributed by atoms with van der Waals surface area (Å²) in [4.78, 5) is 11.1. The van der Waals surface area contributed by atoms with Crippen LogP contribution in [0, 0.1) is 12.7 Å². The number of fused-ring (bicyclic) bond motifs is 3. The Labute approximate surface area is 148 Å². The quantitative estimate of drug-likeness (QED) is 0.578. The molecule has 26 heavy (non-hydrogen) atoms. The minimum Gasteiger partial charge on any atom is -0.391 e. The van der Waals surface area contributed by atoms with Gasteiger partial charge in [0.1, 0.15) is 5.82 Å². The van der Waals surface area contributed by atoms with Crippen LogP contribution in [0.3, 0.4) is 0 Å². The number of nitrogens with one attached hydrogen (secondary N) is 1. The maximum Gasteiger partial charge on any atom is 0.225 e. The van der Waals surface area contributed by atoms with Gasteiger partial charge in [-0.2, -0.15) is 5.10 Å². The molecule has 2 N–H and O–H groups in total. The third-order valence-corrected chi connectivity index (χ3v) is 4.96. The van der Waals surface area contributed by atoms with Crippen molar-refractivity contribution in [1.29, 1.82) is 0 Å². The minimum atomic E-state index is -0.326. The zero-order chi connectivity index (χ0) is 17.8. The number of aliphatic hydroxyl groups is 1. The van der Waals surface area contributed by atoms with Gasteiger partial charge in [0, 0.05) is 18.5 Å². The molecule has 7 nitrogen and oxygen atoms in total. The number of halogens is 1. The van der Waals surface area contributed by atoms with Crippen molar-refractivity contribution in [3.05, 3.63) is 42.1 Å². The number of H-pyrrole nitrogens is 1. The van der Waals surface area contributed by atoms with Crippen molar-refractivity contribution in [3.8, 4) is 5.69 Å². The molecule has 0 amide bonds. The van der Waals surface area contributed by atoms with Crippen LogP contribution in [0.25, 0.3) is 27.6 Å². The summed E-state index contributed by atoms with van der Waals surface area (Å²) in [5.41, 5.74) is 4.13. The SMILES string of the molecule is Cc1nc(N2CC[C@@H](O)C2)ncc1-n1c2ccc(F)cc2c2[nH]ncc21. The summed E-state index contributed by atoms with van der Waals surface area (Å²) >= 11 is 0. The van der Waals surface area contributed by atoms with E-state index < -0.39 is 0 Å². The van der Waals surface area contributed by atoms with Crippen molar-refractivity contribution in [3.63, 3.8) is 0 Å². The molecule has 0 aliphatic carbocycles. The fourth-order valence-corrected chi connectivity index (χ4v) is 3.68. The summed E-state index contributed by atoms with van der Waals surface area (Å²) in [7, 11) is 0. The Bertz CT molecular complexity index is 1130. The lowest BCUT2D eigenvalue weighted by Gasteiger charge is -2.17. The van der Waals surface area contributed by atoms with Gasteiger partial charge in [-0.05, 0) is 31.5 Å². The number of aliphatic hydroxyl groups excluding tert-OH is 1. The average molecular weight is 352 g/mol. The normalized spacial score (nSPS) is 17.7. The van der Waals surface area contributed by atoms with Gasteiger partial charge in [-0.25, -0.2) is 14.4 Å². The molecule has 1 fully saturated rings. The lowest BCUT2D eigenvalue weighted by Crippen LogP contribution is -2.23. The first-order chi connectivity index (χ1) is 12.6. The molecule has 8 heteroatoms. The highest BCUT2D eigenvalue weighted by atomic mass is 19.1. The highest BCUT2D eigenvalue weighted by Crippen LogP contribution is 2.32. The molecule has 0 spiro atoms. The molecule has 5 rings (SSSR count). The molecule has 1 aliphatic heterocycles. The van der Waals surface area contributed by atoms with Crippen molar-refractivity contribution in [1.82, 2.24) is 24.7 Å². The maximum absolute atomic E-state index is 13.7. The third kappa shape index (κ3) is 2.19. The van der Waals surface area contributed by atoms with Gasteiger partial charge in [-0.3, -0.25) is 5.10 Å². The van der Waals surface area contributed by atoms with Crippen LogP contribution in [0.15, 0.2) is 30.6 Å². The molecule has 1 saturated heterocycles. The van der Waals surface area contributed by atoms with Crippen molar-refractivity contribution in [2.75, 3.05) is 18.0 Å². The van der Waals surface area contributed by atoms with Gasteiger partial charge in [0.15, 0.2) is 0 Å². The fraction of sp³-hybridized carbons (Fsp3) is 0.278. The van der Waals surface area contributed by atoms with Crippen molar-refractivity contribution >= 4 is 27.9 Å². The molecule has 1 atom stereocenters. The largest absolute Gasteiger partial charge is 0.391 e. The van der Waals surface area contributed by atoms with Crippen LogP contribution in [0.2, 0.25) is 0 Å². The first kappa shape index (κ1) is 15.3. The van der Waals surface area contributed by atoms with E-state index in [9.17, 15) is 9.50 Å². The molecule has 0 saturated carbocycles.